The van der Waals surface area contributed by atoms with Crippen LogP contribution in [0.2, 0.25) is 0 Å². The number of nitrogens with zero attached hydrogens (tertiary/aromatic N) is 3. The Balaban J connectivity index is 1.53. The second-order valence-corrected chi connectivity index (χ2v) is 6.03. The Hall–Kier alpha value is -2.39. The van der Waals surface area contributed by atoms with Gasteiger partial charge < -0.3 is 19.4 Å². The number of morpholine rings is 1. The summed E-state index contributed by atoms with van der Waals surface area (Å²) in [6.07, 6.45) is -2.82. The van der Waals surface area contributed by atoms with Gasteiger partial charge in [0.25, 0.3) is 11.8 Å². The molecule has 0 unspecified atom stereocenters. The van der Waals surface area contributed by atoms with Gasteiger partial charge in [-0.05, 0) is 17.7 Å². The van der Waals surface area contributed by atoms with E-state index in [1.165, 1.54) is 0 Å². The number of halogens is 2. The van der Waals surface area contributed by atoms with E-state index in [0.29, 0.717) is 37.4 Å². The molecule has 1 aromatic carbocycles. The van der Waals surface area contributed by atoms with Crippen molar-refractivity contribution in [3.63, 3.8) is 0 Å². The topological polar surface area (TPSA) is 80.5 Å². The molecule has 25 heavy (non-hydrogen) atoms. The average molecular weight is 350 g/mol. The number of benzene rings is 1. The Morgan fingerprint density at radius 2 is 2.24 bits per heavy atom. The van der Waals surface area contributed by atoms with E-state index in [1.54, 1.807) is 23.1 Å². The Bertz CT molecular complexity index is 789. The summed E-state index contributed by atoms with van der Waals surface area (Å²) in [6, 6.07) is 5.21. The van der Waals surface area contributed by atoms with Gasteiger partial charge in [-0.25, -0.2) is 0 Å². The van der Waals surface area contributed by atoms with Crippen molar-refractivity contribution < 1.29 is 22.7 Å². The lowest BCUT2D eigenvalue weighted by atomic mass is 10.1. The fraction of sp³-hybridized carbons (Fsp3) is 0.438. The Labute approximate surface area is 142 Å². The molecule has 1 aromatic heterocycles. The molecule has 2 aliphatic rings. The van der Waals surface area contributed by atoms with Crippen molar-refractivity contribution in [1.29, 1.82) is 0 Å². The molecule has 9 heteroatoms. The van der Waals surface area contributed by atoms with E-state index < -0.39 is 12.3 Å². The summed E-state index contributed by atoms with van der Waals surface area (Å²) < 4.78 is 35.5. The molecule has 132 valence electrons. The molecule has 4 rings (SSSR count). The van der Waals surface area contributed by atoms with Crippen LogP contribution < -0.4 is 5.32 Å². The number of ether oxygens (including phenoxy) is 1. The van der Waals surface area contributed by atoms with Crippen LogP contribution in [0.4, 0.5) is 8.78 Å². The third-order valence-corrected chi connectivity index (χ3v) is 4.30. The summed E-state index contributed by atoms with van der Waals surface area (Å²) in [4.78, 5) is 14.4. The van der Waals surface area contributed by atoms with Crippen molar-refractivity contribution >= 4 is 5.91 Å². The van der Waals surface area contributed by atoms with Crippen molar-refractivity contribution in [2.24, 2.45) is 0 Å². The van der Waals surface area contributed by atoms with E-state index in [1.807, 2.05) is 0 Å². The zero-order chi connectivity index (χ0) is 17.4. The molecule has 7 nitrogen and oxygen atoms in total. The van der Waals surface area contributed by atoms with Crippen LogP contribution in [0, 0.1) is 0 Å². The van der Waals surface area contributed by atoms with Gasteiger partial charge in [0.15, 0.2) is 0 Å². The number of aromatic nitrogens is 2. The van der Waals surface area contributed by atoms with E-state index in [2.05, 4.69) is 15.5 Å². The number of fused-ring (bicyclic) bond motifs is 1. The molecule has 2 aromatic rings. The predicted octanol–water partition coefficient (Wildman–Crippen LogP) is 1.62. The molecule has 0 radical (unpaired) electrons. The van der Waals surface area contributed by atoms with Crippen LogP contribution in [0.25, 0.3) is 11.5 Å². The maximum absolute atomic E-state index is 12.6. The van der Waals surface area contributed by atoms with Gasteiger partial charge in [-0.15, -0.1) is 10.2 Å². The Morgan fingerprint density at radius 3 is 2.96 bits per heavy atom. The molecule has 3 heterocycles. The molecule has 0 saturated carbocycles. The molecule has 1 saturated heterocycles. The predicted molar refractivity (Wildman–Crippen MR) is 82.0 cm³/mol. The minimum Gasteiger partial charge on any atom is -0.415 e. The molecule has 1 atom stereocenters. The summed E-state index contributed by atoms with van der Waals surface area (Å²) in [5.74, 6) is -0.851. The lowest BCUT2D eigenvalue weighted by Gasteiger charge is -2.28. The molecule has 0 bridgehead atoms. The molecule has 1 N–H and O–H groups in total. The molecule has 1 amide bonds. The zero-order valence-corrected chi connectivity index (χ0v) is 13.2. The maximum atomic E-state index is 12.6. The molecular formula is C16H16F2N4O3. The third-order valence-electron chi connectivity index (χ3n) is 4.30. The summed E-state index contributed by atoms with van der Waals surface area (Å²) >= 11 is 0. The number of carbonyl (C=O) groups excluding carboxylic acids is 1. The number of alkyl halides is 2. The van der Waals surface area contributed by atoms with Crippen LogP contribution in [-0.4, -0.2) is 53.3 Å². The molecular weight excluding hydrogens is 334 g/mol. The highest BCUT2D eigenvalue weighted by atomic mass is 19.3. The SMILES string of the molecule is O=C1c2cc(-c3nnc(C(F)F)o3)ccc2CN1C[C@H]1COCCN1. The van der Waals surface area contributed by atoms with E-state index in [4.69, 9.17) is 9.15 Å². The minimum atomic E-state index is -2.82. The molecule has 0 aliphatic carbocycles. The molecule has 2 aliphatic heterocycles. The normalized spacial score (nSPS) is 20.4. The van der Waals surface area contributed by atoms with Crippen molar-refractivity contribution in [3.05, 3.63) is 35.2 Å². The van der Waals surface area contributed by atoms with Crippen LogP contribution in [0.15, 0.2) is 22.6 Å². The number of carbonyl (C=O) groups is 1. The fourth-order valence-electron chi connectivity index (χ4n) is 3.08. The third kappa shape index (κ3) is 3.12. The van der Waals surface area contributed by atoms with Crippen LogP contribution in [0.3, 0.4) is 0 Å². The highest BCUT2D eigenvalue weighted by Crippen LogP contribution is 2.29. The standard InChI is InChI=1S/C16H16F2N4O3/c17-13(18)15-21-20-14(25-15)9-1-2-10-6-22(16(23)12(10)5-9)7-11-8-24-4-3-19-11/h1-2,5,11,13,19H,3-4,6-8H2/t11-/m0/s1. The second-order valence-electron chi connectivity index (χ2n) is 6.03. The first kappa shape index (κ1) is 16.1. The number of hydrogen-bond acceptors (Lipinski definition) is 6. The van der Waals surface area contributed by atoms with E-state index >= 15 is 0 Å². The lowest BCUT2D eigenvalue weighted by Crippen LogP contribution is -2.48. The summed E-state index contributed by atoms with van der Waals surface area (Å²) in [6.45, 7) is 3.09. The van der Waals surface area contributed by atoms with Gasteiger partial charge in [0.05, 0.1) is 13.2 Å². The first-order chi connectivity index (χ1) is 12.1. The number of amides is 1. The second kappa shape index (κ2) is 6.49. The zero-order valence-electron chi connectivity index (χ0n) is 13.2. The van der Waals surface area contributed by atoms with Gasteiger partial charge in [-0.1, -0.05) is 6.07 Å². The number of hydrogen-bond donors (Lipinski definition) is 1. The van der Waals surface area contributed by atoms with Crippen molar-refractivity contribution in [3.8, 4) is 11.5 Å². The van der Waals surface area contributed by atoms with Gasteiger partial charge in [0.1, 0.15) is 0 Å². The number of rotatable bonds is 4. The van der Waals surface area contributed by atoms with Gasteiger partial charge >= 0.3 is 6.43 Å². The first-order valence-corrected chi connectivity index (χ1v) is 7.97. The average Bonchev–Trinajstić information content (AvgIpc) is 3.22. The lowest BCUT2D eigenvalue weighted by molar-refractivity contribution is 0.0536. The van der Waals surface area contributed by atoms with Crippen LogP contribution in [0.5, 0.6) is 0 Å². The largest absolute Gasteiger partial charge is 0.415 e. The minimum absolute atomic E-state index is 0.0216. The number of nitrogens with one attached hydrogen (secondary N) is 1. The van der Waals surface area contributed by atoms with Gasteiger partial charge in [0, 0.05) is 36.8 Å². The quantitative estimate of drug-likeness (QED) is 0.903. The smallest absolute Gasteiger partial charge is 0.314 e. The van der Waals surface area contributed by atoms with E-state index in [9.17, 15) is 13.6 Å². The van der Waals surface area contributed by atoms with Crippen molar-refractivity contribution in [2.45, 2.75) is 19.0 Å². The Kier molecular flexibility index (Phi) is 4.18. The molecule has 0 spiro atoms. The van der Waals surface area contributed by atoms with Crippen LogP contribution >= 0.6 is 0 Å². The monoisotopic (exact) mass is 350 g/mol. The van der Waals surface area contributed by atoms with Gasteiger partial charge in [-0.2, -0.15) is 8.78 Å². The van der Waals surface area contributed by atoms with E-state index in [0.717, 1.165) is 12.1 Å². The highest BCUT2D eigenvalue weighted by Gasteiger charge is 2.30. The fourth-order valence-corrected chi connectivity index (χ4v) is 3.08. The van der Waals surface area contributed by atoms with Gasteiger partial charge in [-0.3, -0.25) is 4.79 Å². The van der Waals surface area contributed by atoms with Crippen molar-refractivity contribution in [1.82, 2.24) is 20.4 Å². The Morgan fingerprint density at radius 1 is 1.36 bits per heavy atom. The molecule has 1 fully saturated rings. The van der Waals surface area contributed by atoms with Gasteiger partial charge in [0.2, 0.25) is 5.89 Å². The summed E-state index contributed by atoms with van der Waals surface area (Å²) in [5.41, 5.74) is 1.87. The van der Waals surface area contributed by atoms with Crippen molar-refractivity contribution in [2.75, 3.05) is 26.3 Å². The maximum Gasteiger partial charge on any atom is 0.314 e. The highest BCUT2D eigenvalue weighted by molar-refractivity contribution is 5.99. The summed E-state index contributed by atoms with van der Waals surface area (Å²) in [7, 11) is 0. The van der Waals surface area contributed by atoms with Crippen LogP contribution in [0.1, 0.15) is 28.2 Å². The van der Waals surface area contributed by atoms with Crippen LogP contribution in [-0.2, 0) is 11.3 Å². The van der Waals surface area contributed by atoms with E-state index in [-0.39, 0.29) is 17.8 Å². The first-order valence-electron chi connectivity index (χ1n) is 7.97. The summed E-state index contributed by atoms with van der Waals surface area (Å²) in [5, 5.41) is 10.3.